The number of hydrogen-bond donors (Lipinski definition) is 1. The third-order valence-electron chi connectivity index (χ3n) is 3.53. The highest BCUT2D eigenvalue weighted by molar-refractivity contribution is 9.10. The van der Waals surface area contributed by atoms with E-state index in [2.05, 4.69) is 34.2 Å². The summed E-state index contributed by atoms with van der Waals surface area (Å²) in [6.45, 7) is 6.31. The smallest absolute Gasteiger partial charge is 0.175 e. The fourth-order valence-electron chi connectivity index (χ4n) is 2.34. The Morgan fingerprint density at radius 1 is 1.43 bits per heavy atom. The van der Waals surface area contributed by atoms with Gasteiger partial charge in [0.05, 0.1) is 24.8 Å². The van der Waals surface area contributed by atoms with Crippen LogP contribution in [0.5, 0.6) is 11.5 Å². The zero-order valence-corrected chi connectivity index (χ0v) is 14.4. The summed E-state index contributed by atoms with van der Waals surface area (Å²) in [5.41, 5.74) is 1.18. The predicted molar refractivity (Wildman–Crippen MR) is 87.1 cm³/mol. The molecule has 1 aromatic rings. The van der Waals surface area contributed by atoms with Gasteiger partial charge in [-0.15, -0.1) is 0 Å². The Hall–Kier alpha value is -0.780. The van der Waals surface area contributed by atoms with Gasteiger partial charge in [0, 0.05) is 19.1 Å². The maximum atomic E-state index is 5.95. The van der Waals surface area contributed by atoms with E-state index in [1.54, 1.807) is 7.11 Å². The predicted octanol–water partition coefficient (Wildman–Crippen LogP) is 3.37. The standard InChI is InChI=1S/C16H24BrNO3/c1-3-5-18-9-13-7-14(17)16(15(8-13)19-2)21-11-12-4-6-20-10-12/h7-8,12,18H,3-6,9-11H2,1-2H3. The molecule has 0 aliphatic carbocycles. The van der Waals surface area contributed by atoms with Gasteiger partial charge in [-0.05, 0) is 53.0 Å². The summed E-state index contributed by atoms with van der Waals surface area (Å²) in [6.07, 6.45) is 2.20. The molecule has 0 radical (unpaired) electrons. The molecule has 0 saturated carbocycles. The molecule has 1 atom stereocenters. The summed E-state index contributed by atoms with van der Waals surface area (Å²) < 4.78 is 17.7. The van der Waals surface area contributed by atoms with Gasteiger partial charge in [-0.3, -0.25) is 0 Å². The maximum Gasteiger partial charge on any atom is 0.175 e. The van der Waals surface area contributed by atoms with E-state index in [9.17, 15) is 0 Å². The summed E-state index contributed by atoms with van der Waals surface area (Å²) in [5, 5.41) is 3.39. The monoisotopic (exact) mass is 357 g/mol. The van der Waals surface area contributed by atoms with E-state index < -0.39 is 0 Å². The molecule has 1 aliphatic rings. The van der Waals surface area contributed by atoms with Crippen LogP contribution < -0.4 is 14.8 Å². The van der Waals surface area contributed by atoms with Crippen LogP contribution in [-0.2, 0) is 11.3 Å². The number of nitrogens with one attached hydrogen (secondary N) is 1. The van der Waals surface area contributed by atoms with Crippen molar-refractivity contribution >= 4 is 15.9 Å². The van der Waals surface area contributed by atoms with E-state index >= 15 is 0 Å². The van der Waals surface area contributed by atoms with Crippen LogP contribution in [-0.4, -0.2) is 33.5 Å². The van der Waals surface area contributed by atoms with E-state index in [1.165, 1.54) is 5.56 Å². The first-order valence-corrected chi connectivity index (χ1v) is 8.31. The topological polar surface area (TPSA) is 39.7 Å². The van der Waals surface area contributed by atoms with Crippen molar-refractivity contribution in [2.24, 2.45) is 5.92 Å². The first-order chi connectivity index (χ1) is 10.2. The minimum Gasteiger partial charge on any atom is -0.493 e. The van der Waals surface area contributed by atoms with Crippen LogP contribution in [0, 0.1) is 5.92 Å². The summed E-state index contributed by atoms with van der Waals surface area (Å²) in [7, 11) is 1.68. The van der Waals surface area contributed by atoms with Gasteiger partial charge < -0.3 is 19.5 Å². The van der Waals surface area contributed by atoms with Crippen molar-refractivity contribution in [3.05, 3.63) is 22.2 Å². The molecule has 0 aromatic heterocycles. The summed E-state index contributed by atoms with van der Waals surface area (Å²) in [4.78, 5) is 0. The Balaban J connectivity index is 2.01. The number of ether oxygens (including phenoxy) is 3. The molecular formula is C16H24BrNO3. The molecule has 0 bridgehead atoms. The Morgan fingerprint density at radius 3 is 2.95 bits per heavy atom. The fraction of sp³-hybridized carbons (Fsp3) is 0.625. The molecule has 118 valence electrons. The molecule has 5 heteroatoms. The number of benzene rings is 1. The van der Waals surface area contributed by atoms with E-state index in [1.807, 2.05) is 6.07 Å². The molecule has 1 aromatic carbocycles. The third kappa shape index (κ3) is 4.87. The molecule has 1 fully saturated rings. The Bertz CT molecular complexity index is 447. The van der Waals surface area contributed by atoms with Crippen LogP contribution in [0.25, 0.3) is 0 Å². The highest BCUT2D eigenvalue weighted by Gasteiger charge is 2.18. The Labute approximate surface area is 135 Å². The van der Waals surface area contributed by atoms with Crippen molar-refractivity contribution in [3.63, 3.8) is 0 Å². The van der Waals surface area contributed by atoms with Gasteiger partial charge in [0.15, 0.2) is 11.5 Å². The van der Waals surface area contributed by atoms with Crippen molar-refractivity contribution < 1.29 is 14.2 Å². The average Bonchev–Trinajstić information content (AvgIpc) is 2.99. The molecule has 1 N–H and O–H groups in total. The molecule has 21 heavy (non-hydrogen) atoms. The molecule has 1 heterocycles. The molecule has 1 saturated heterocycles. The molecule has 0 spiro atoms. The first-order valence-electron chi connectivity index (χ1n) is 7.52. The fourth-order valence-corrected chi connectivity index (χ4v) is 2.94. The second-order valence-electron chi connectivity index (χ2n) is 5.33. The minimum atomic E-state index is 0.479. The molecule has 1 aliphatic heterocycles. The average molecular weight is 358 g/mol. The van der Waals surface area contributed by atoms with Crippen molar-refractivity contribution in [3.8, 4) is 11.5 Å². The van der Waals surface area contributed by atoms with Crippen LogP contribution in [0.15, 0.2) is 16.6 Å². The van der Waals surface area contributed by atoms with Crippen molar-refractivity contribution in [1.82, 2.24) is 5.32 Å². The Morgan fingerprint density at radius 2 is 2.29 bits per heavy atom. The van der Waals surface area contributed by atoms with Gasteiger partial charge >= 0.3 is 0 Å². The van der Waals surface area contributed by atoms with Gasteiger partial charge in [-0.2, -0.15) is 0 Å². The van der Waals surface area contributed by atoms with Gasteiger partial charge in [-0.25, -0.2) is 0 Å². The lowest BCUT2D eigenvalue weighted by molar-refractivity contribution is 0.165. The third-order valence-corrected chi connectivity index (χ3v) is 4.12. The van der Waals surface area contributed by atoms with Crippen molar-refractivity contribution in [2.75, 3.05) is 33.5 Å². The minimum absolute atomic E-state index is 0.479. The van der Waals surface area contributed by atoms with E-state index in [0.29, 0.717) is 12.5 Å². The molecular weight excluding hydrogens is 334 g/mol. The van der Waals surface area contributed by atoms with E-state index in [4.69, 9.17) is 14.2 Å². The molecule has 0 amide bonds. The summed E-state index contributed by atoms with van der Waals surface area (Å²) >= 11 is 3.59. The molecule has 4 nitrogen and oxygen atoms in total. The largest absolute Gasteiger partial charge is 0.493 e. The SMILES string of the molecule is CCCNCc1cc(Br)c(OCC2CCOC2)c(OC)c1. The van der Waals surface area contributed by atoms with Crippen LogP contribution in [0.3, 0.4) is 0 Å². The van der Waals surface area contributed by atoms with E-state index in [0.717, 1.165) is 55.1 Å². The number of halogens is 1. The van der Waals surface area contributed by atoms with Crippen LogP contribution in [0.1, 0.15) is 25.3 Å². The Kier molecular flexibility index (Phi) is 6.80. The zero-order valence-electron chi connectivity index (χ0n) is 12.8. The zero-order chi connectivity index (χ0) is 15.1. The maximum absolute atomic E-state index is 5.95. The van der Waals surface area contributed by atoms with Crippen molar-refractivity contribution in [2.45, 2.75) is 26.3 Å². The lowest BCUT2D eigenvalue weighted by Crippen LogP contribution is -2.15. The van der Waals surface area contributed by atoms with Crippen LogP contribution >= 0.6 is 15.9 Å². The highest BCUT2D eigenvalue weighted by atomic mass is 79.9. The summed E-state index contributed by atoms with van der Waals surface area (Å²) in [5.74, 6) is 2.03. The number of rotatable bonds is 8. The normalized spacial score (nSPS) is 18.0. The first kappa shape index (κ1) is 16.6. The molecule has 2 rings (SSSR count). The van der Waals surface area contributed by atoms with Gasteiger partial charge in [0.25, 0.3) is 0 Å². The number of hydrogen-bond acceptors (Lipinski definition) is 4. The number of methoxy groups -OCH3 is 1. The lowest BCUT2D eigenvalue weighted by Gasteiger charge is -2.16. The second-order valence-corrected chi connectivity index (χ2v) is 6.18. The quantitative estimate of drug-likeness (QED) is 0.724. The van der Waals surface area contributed by atoms with Gasteiger partial charge in [-0.1, -0.05) is 6.92 Å². The highest BCUT2D eigenvalue weighted by Crippen LogP contribution is 2.37. The second kappa shape index (κ2) is 8.61. The summed E-state index contributed by atoms with van der Waals surface area (Å²) in [6, 6.07) is 4.12. The lowest BCUT2D eigenvalue weighted by atomic mass is 10.1. The van der Waals surface area contributed by atoms with E-state index in [-0.39, 0.29) is 0 Å². The van der Waals surface area contributed by atoms with Crippen molar-refractivity contribution in [1.29, 1.82) is 0 Å². The van der Waals surface area contributed by atoms with Crippen LogP contribution in [0.4, 0.5) is 0 Å². The van der Waals surface area contributed by atoms with Gasteiger partial charge in [0.2, 0.25) is 0 Å². The van der Waals surface area contributed by atoms with Crippen LogP contribution in [0.2, 0.25) is 0 Å². The molecule has 1 unspecified atom stereocenters. The van der Waals surface area contributed by atoms with Gasteiger partial charge in [0.1, 0.15) is 0 Å².